The van der Waals surface area contributed by atoms with Crippen LogP contribution in [0.25, 0.3) is 71.3 Å². The van der Waals surface area contributed by atoms with Crippen LogP contribution in [0.2, 0.25) is 0 Å². The number of para-hydroxylation sites is 2. The van der Waals surface area contributed by atoms with Crippen molar-refractivity contribution in [1.82, 2.24) is 4.57 Å². The van der Waals surface area contributed by atoms with Gasteiger partial charge in [0.05, 0.1) is 11.0 Å². The first-order chi connectivity index (χ1) is 19.1. The Morgan fingerprint density at radius 2 is 1.28 bits per heavy atom. The molecule has 0 fully saturated rings. The zero-order chi connectivity index (χ0) is 25.9. The minimum absolute atomic E-state index is 0.0687. The number of nitrogens with zero attached hydrogens (tertiary/aromatic N) is 1. The van der Waals surface area contributed by atoms with Crippen molar-refractivity contribution >= 4 is 54.5 Å². The smallest absolute Gasteiger partial charge is 0.135 e. The van der Waals surface area contributed by atoms with Gasteiger partial charge in [-0.05, 0) is 81.6 Å². The van der Waals surface area contributed by atoms with E-state index in [1.54, 1.807) is 0 Å². The Kier molecular flexibility index (Phi) is 3.89. The summed E-state index contributed by atoms with van der Waals surface area (Å²) in [4.78, 5) is 0. The van der Waals surface area contributed by atoms with E-state index in [1.807, 2.05) is 12.1 Å². The van der Waals surface area contributed by atoms with Crippen molar-refractivity contribution < 1.29 is 4.42 Å². The monoisotopic (exact) mass is 499 g/mol. The molecule has 184 valence electrons. The topological polar surface area (TPSA) is 18.1 Å². The Balaban J connectivity index is 1.41. The quantitative estimate of drug-likeness (QED) is 0.220. The summed E-state index contributed by atoms with van der Waals surface area (Å²) in [5.74, 6) is 0. The lowest BCUT2D eigenvalue weighted by Crippen LogP contribution is -2.14. The SMILES string of the molecule is CC1(C)c2cc3ccccc3cc2-c2c1ccc1c2c2ccccc2n1-c1ccc2oc3ccccc3c2c1. The summed E-state index contributed by atoms with van der Waals surface area (Å²) in [6.07, 6.45) is 0. The van der Waals surface area contributed by atoms with E-state index in [9.17, 15) is 0 Å². The van der Waals surface area contributed by atoms with E-state index in [-0.39, 0.29) is 5.41 Å². The van der Waals surface area contributed by atoms with Crippen LogP contribution in [0.15, 0.2) is 120 Å². The molecule has 0 unspecified atom stereocenters. The summed E-state index contributed by atoms with van der Waals surface area (Å²) in [7, 11) is 0. The highest BCUT2D eigenvalue weighted by molar-refractivity contribution is 6.18. The molecule has 0 saturated carbocycles. The zero-order valence-corrected chi connectivity index (χ0v) is 21.8. The average molecular weight is 500 g/mol. The predicted octanol–water partition coefficient (Wildman–Crippen LogP) is 10.1. The second-order valence-corrected chi connectivity index (χ2v) is 11.4. The first-order valence-electron chi connectivity index (χ1n) is 13.6. The molecule has 0 atom stereocenters. The fraction of sp³-hybridized carbons (Fsp3) is 0.0811. The molecule has 0 spiro atoms. The van der Waals surface area contributed by atoms with Gasteiger partial charge in [-0.25, -0.2) is 0 Å². The van der Waals surface area contributed by atoms with Gasteiger partial charge in [0.15, 0.2) is 0 Å². The van der Waals surface area contributed by atoms with Crippen LogP contribution in [-0.2, 0) is 5.41 Å². The first-order valence-corrected chi connectivity index (χ1v) is 13.6. The molecule has 2 nitrogen and oxygen atoms in total. The second kappa shape index (κ2) is 7.18. The van der Waals surface area contributed by atoms with Crippen LogP contribution in [-0.4, -0.2) is 4.57 Å². The van der Waals surface area contributed by atoms with Crippen LogP contribution in [0.4, 0.5) is 0 Å². The van der Waals surface area contributed by atoms with Crippen molar-refractivity contribution in [3.63, 3.8) is 0 Å². The number of furan rings is 1. The van der Waals surface area contributed by atoms with E-state index in [0.29, 0.717) is 0 Å². The fourth-order valence-electron chi connectivity index (χ4n) is 7.10. The van der Waals surface area contributed by atoms with Crippen molar-refractivity contribution in [2.75, 3.05) is 0 Å². The molecule has 0 saturated heterocycles. The number of rotatable bonds is 1. The third kappa shape index (κ3) is 2.66. The summed E-state index contributed by atoms with van der Waals surface area (Å²) < 4.78 is 8.58. The van der Waals surface area contributed by atoms with Gasteiger partial charge in [0.1, 0.15) is 11.2 Å². The molecule has 39 heavy (non-hydrogen) atoms. The molecule has 0 amide bonds. The van der Waals surface area contributed by atoms with E-state index < -0.39 is 0 Å². The van der Waals surface area contributed by atoms with Gasteiger partial charge in [-0.2, -0.15) is 0 Å². The lowest BCUT2D eigenvalue weighted by Gasteiger charge is -2.22. The second-order valence-electron chi connectivity index (χ2n) is 11.4. The van der Waals surface area contributed by atoms with E-state index in [1.165, 1.54) is 54.8 Å². The van der Waals surface area contributed by atoms with E-state index in [2.05, 4.69) is 122 Å². The van der Waals surface area contributed by atoms with Gasteiger partial charge in [-0.3, -0.25) is 0 Å². The van der Waals surface area contributed by atoms with Crippen LogP contribution in [0.1, 0.15) is 25.0 Å². The van der Waals surface area contributed by atoms with Gasteiger partial charge in [-0.1, -0.05) is 80.6 Å². The minimum atomic E-state index is -0.0687. The molecular weight excluding hydrogens is 474 g/mol. The standard InChI is InChI=1S/C37H25NO/c1-37(2)29-16-17-32-36(35(29)28-19-22-9-3-4-10-23(22)20-30(28)37)26-12-5-7-13-31(26)38(32)24-15-18-34-27(21-24)25-11-6-8-14-33(25)39-34/h3-21H,1-2H3. The molecule has 8 aromatic rings. The van der Waals surface area contributed by atoms with Crippen LogP contribution in [0.5, 0.6) is 0 Å². The Hall–Kier alpha value is -4.82. The Bertz CT molecular complexity index is 2310. The summed E-state index contributed by atoms with van der Waals surface area (Å²) in [6.45, 7) is 4.74. The van der Waals surface area contributed by atoms with Crippen LogP contribution >= 0.6 is 0 Å². The van der Waals surface area contributed by atoms with Gasteiger partial charge in [0.2, 0.25) is 0 Å². The summed E-state index contributed by atoms with van der Waals surface area (Å²) in [6, 6.07) is 42.0. The highest BCUT2D eigenvalue weighted by Crippen LogP contribution is 2.54. The molecule has 0 N–H and O–H groups in total. The molecule has 0 radical (unpaired) electrons. The van der Waals surface area contributed by atoms with Crippen molar-refractivity contribution in [1.29, 1.82) is 0 Å². The lowest BCUT2D eigenvalue weighted by molar-refractivity contribution is 0.661. The highest BCUT2D eigenvalue weighted by atomic mass is 16.3. The number of hydrogen-bond donors (Lipinski definition) is 0. The van der Waals surface area contributed by atoms with E-state index in [4.69, 9.17) is 4.42 Å². The fourth-order valence-corrected chi connectivity index (χ4v) is 7.10. The number of benzene rings is 6. The summed E-state index contributed by atoms with van der Waals surface area (Å²) in [5.41, 5.74) is 10.9. The minimum Gasteiger partial charge on any atom is -0.456 e. The molecule has 6 aromatic carbocycles. The average Bonchev–Trinajstić information content (AvgIpc) is 3.57. The van der Waals surface area contributed by atoms with Gasteiger partial charge in [0, 0.05) is 32.6 Å². The predicted molar refractivity (Wildman–Crippen MR) is 163 cm³/mol. The largest absolute Gasteiger partial charge is 0.456 e. The van der Waals surface area contributed by atoms with E-state index >= 15 is 0 Å². The van der Waals surface area contributed by atoms with Crippen LogP contribution < -0.4 is 0 Å². The third-order valence-corrected chi connectivity index (χ3v) is 8.96. The van der Waals surface area contributed by atoms with Gasteiger partial charge in [0.25, 0.3) is 0 Å². The molecule has 0 aliphatic heterocycles. The zero-order valence-electron chi connectivity index (χ0n) is 21.8. The molecule has 2 aromatic heterocycles. The van der Waals surface area contributed by atoms with Crippen molar-refractivity contribution in [3.05, 3.63) is 126 Å². The van der Waals surface area contributed by atoms with Crippen molar-refractivity contribution in [3.8, 4) is 16.8 Å². The normalized spacial score (nSPS) is 14.1. The number of hydrogen-bond acceptors (Lipinski definition) is 1. The maximum Gasteiger partial charge on any atom is 0.135 e. The molecule has 0 bridgehead atoms. The third-order valence-electron chi connectivity index (χ3n) is 8.96. The lowest BCUT2D eigenvalue weighted by atomic mass is 9.81. The molecule has 9 rings (SSSR count). The maximum atomic E-state index is 6.15. The van der Waals surface area contributed by atoms with Crippen molar-refractivity contribution in [2.45, 2.75) is 19.3 Å². The van der Waals surface area contributed by atoms with Crippen LogP contribution in [0, 0.1) is 0 Å². The van der Waals surface area contributed by atoms with E-state index in [0.717, 1.165) is 27.6 Å². The van der Waals surface area contributed by atoms with Gasteiger partial charge in [-0.15, -0.1) is 0 Å². The van der Waals surface area contributed by atoms with Gasteiger partial charge >= 0.3 is 0 Å². The number of fused-ring (bicyclic) bond motifs is 11. The highest BCUT2D eigenvalue weighted by Gasteiger charge is 2.37. The number of aromatic nitrogens is 1. The van der Waals surface area contributed by atoms with Gasteiger partial charge < -0.3 is 8.98 Å². The molecule has 2 heterocycles. The molecule has 2 heteroatoms. The molecule has 1 aliphatic carbocycles. The van der Waals surface area contributed by atoms with Crippen molar-refractivity contribution in [2.24, 2.45) is 0 Å². The summed E-state index contributed by atoms with van der Waals surface area (Å²) in [5, 5.41) is 7.52. The maximum absolute atomic E-state index is 6.15. The first kappa shape index (κ1) is 21.2. The Morgan fingerprint density at radius 3 is 2.15 bits per heavy atom. The summed E-state index contributed by atoms with van der Waals surface area (Å²) >= 11 is 0. The molecular formula is C37H25NO. The molecule has 1 aliphatic rings. The van der Waals surface area contributed by atoms with Crippen LogP contribution in [0.3, 0.4) is 0 Å². The Labute approximate surface area is 225 Å². The Morgan fingerprint density at radius 1 is 0.564 bits per heavy atom.